The van der Waals surface area contributed by atoms with Crippen molar-refractivity contribution in [2.45, 2.75) is 24.3 Å². The minimum atomic E-state index is -4.25. The standard InChI is InChI=1S/C28H26F2N4O3S/c1-6-32-27(21(5)19(3)12-11-18(2)17-31)25(15-22-13-23(29)16-24(30)14-22)33-28(35)34-38(36,37)26-10-8-7-9-20(26)4/h6-14,16,25H,1-3,5,15H2,4H3,(H2,33,34,35)/b12-11-,32-27?/t25-/m0/s1. The molecule has 0 bridgehead atoms. The van der Waals surface area contributed by atoms with Gasteiger partial charge in [0.05, 0.1) is 22.7 Å². The van der Waals surface area contributed by atoms with Gasteiger partial charge in [-0.05, 0) is 59.9 Å². The van der Waals surface area contributed by atoms with E-state index in [4.69, 9.17) is 5.26 Å². The average molecular weight is 537 g/mol. The fourth-order valence-corrected chi connectivity index (χ4v) is 4.55. The molecule has 7 nitrogen and oxygen atoms in total. The predicted molar refractivity (Wildman–Crippen MR) is 144 cm³/mol. The second-order valence-corrected chi connectivity index (χ2v) is 9.70. The molecule has 196 valence electrons. The minimum Gasteiger partial charge on any atom is -0.329 e. The van der Waals surface area contributed by atoms with Gasteiger partial charge in [-0.3, -0.25) is 4.99 Å². The zero-order valence-electron chi connectivity index (χ0n) is 20.7. The summed E-state index contributed by atoms with van der Waals surface area (Å²) in [5.41, 5.74) is 1.28. The number of halogens is 2. The number of hydrogen-bond acceptors (Lipinski definition) is 5. The van der Waals surface area contributed by atoms with Crippen molar-refractivity contribution in [3.63, 3.8) is 0 Å². The maximum atomic E-state index is 13.9. The molecule has 0 saturated heterocycles. The Kier molecular flexibility index (Phi) is 10.2. The number of urea groups is 1. The van der Waals surface area contributed by atoms with E-state index < -0.39 is 33.7 Å². The van der Waals surface area contributed by atoms with E-state index in [0.717, 1.165) is 18.3 Å². The lowest BCUT2D eigenvalue weighted by Crippen LogP contribution is -2.49. The van der Waals surface area contributed by atoms with Crippen molar-refractivity contribution in [1.29, 1.82) is 5.26 Å². The topological polar surface area (TPSA) is 111 Å². The number of amides is 2. The first-order valence-electron chi connectivity index (χ1n) is 11.1. The third kappa shape index (κ3) is 8.21. The molecule has 0 aliphatic heterocycles. The molecule has 0 heterocycles. The van der Waals surface area contributed by atoms with Crippen molar-refractivity contribution in [3.05, 3.63) is 127 Å². The van der Waals surface area contributed by atoms with Gasteiger partial charge in [-0.15, -0.1) is 0 Å². The highest BCUT2D eigenvalue weighted by Crippen LogP contribution is 2.18. The van der Waals surface area contributed by atoms with E-state index in [1.165, 1.54) is 24.3 Å². The predicted octanol–water partition coefficient (Wildman–Crippen LogP) is 5.21. The third-order valence-corrected chi connectivity index (χ3v) is 6.66. The first-order valence-corrected chi connectivity index (χ1v) is 12.5. The smallest absolute Gasteiger partial charge is 0.329 e. The summed E-state index contributed by atoms with van der Waals surface area (Å²) in [6, 6.07) is 8.53. The molecular weight excluding hydrogens is 510 g/mol. The van der Waals surface area contributed by atoms with Gasteiger partial charge in [0.2, 0.25) is 0 Å². The third-order valence-electron chi connectivity index (χ3n) is 5.16. The van der Waals surface area contributed by atoms with Crippen molar-refractivity contribution >= 4 is 21.8 Å². The average Bonchev–Trinajstić information content (AvgIpc) is 2.84. The molecule has 2 N–H and O–H groups in total. The van der Waals surface area contributed by atoms with Crippen LogP contribution in [0.1, 0.15) is 11.1 Å². The van der Waals surface area contributed by atoms with Gasteiger partial charge in [0, 0.05) is 17.8 Å². The number of nitrogens with one attached hydrogen (secondary N) is 2. The summed E-state index contributed by atoms with van der Waals surface area (Å²) in [5.74, 6) is -1.68. The van der Waals surface area contributed by atoms with E-state index in [-0.39, 0.29) is 39.3 Å². The van der Waals surface area contributed by atoms with E-state index in [0.29, 0.717) is 11.6 Å². The van der Waals surface area contributed by atoms with Crippen LogP contribution in [0.15, 0.2) is 114 Å². The molecular formula is C28H26F2N4O3S. The van der Waals surface area contributed by atoms with Crippen LogP contribution < -0.4 is 10.0 Å². The van der Waals surface area contributed by atoms with Crippen LogP contribution in [0.2, 0.25) is 0 Å². The fourth-order valence-electron chi connectivity index (χ4n) is 3.38. The molecule has 0 saturated carbocycles. The van der Waals surface area contributed by atoms with Crippen LogP contribution in [0.4, 0.5) is 13.6 Å². The van der Waals surface area contributed by atoms with Crippen molar-refractivity contribution in [3.8, 4) is 6.07 Å². The highest BCUT2D eigenvalue weighted by atomic mass is 32.2. The van der Waals surface area contributed by atoms with Crippen LogP contribution in [0.3, 0.4) is 0 Å². The first kappa shape index (κ1) is 29.6. The number of carbonyl (C=O) groups excluding carboxylic acids is 1. The van der Waals surface area contributed by atoms with Crippen LogP contribution in [-0.2, 0) is 16.4 Å². The first-order chi connectivity index (χ1) is 17.9. The van der Waals surface area contributed by atoms with Crippen molar-refractivity contribution in [2.75, 3.05) is 0 Å². The van der Waals surface area contributed by atoms with E-state index in [9.17, 15) is 22.0 Å². The number of nitriles is 1. The molecule has 38 heavy (non-hydrogen) atoms. The van der Waals surface area contributed by atoms with E-state index >= 15 is 0 Å². The van der Waals surface area contributed by atoms with Gasteiger partial charge in [0.15, 0.2) is 0 Å². The summed E-state index contributed by atoms with van der Waals surface area (Å²) in [6.45, 7) is 16.5. The Labute approximate surface area is 221 Å². The highest BCUT2D eigenvalue weighted by Gasteiger charge is 2.26. The molecule has 2 amide bonds. The maximum absolute atomic E-state index is 13.9. The normalized spacial score (nSPS) is 12.3. The number of allylic oxidation sites excluding steroid dienone is 4. The number of benzene rings is 2. The van der Waals surface area contributed by atoms with Gasteiger partial charge in [-0.1, -0.05) is 50.6 Å². The SMILES string of the molecule is C=CN=C(C(=C)C(=C)/C=C\C(=C)C#N)[C@H](Cc1cc(F)cc(F)c1)NC(=O)NS(=O)(=O)c1ccccc1C. The largest absolute Gasteiger partial charge is 0.329 e. The highest BCUT2D eigenvalue weighted by molar-refractivity contribution is 7.90. The molecule has 0 aliphatic carbocycles. The summed E-state index contributed by atoms with van der Waals surface area (Å²) >= 11 is 0. The number of hydrogen-bond donors (Lipinski definition) is 2. The number of sulfonamides is 1. The Morgan fingerprint density at radius 3 is 2.34 bits per heavy atom. The van der Waals surface area contributed by atoms with Crippen LogP contribution in [0.25, 0.3) is 0 Å². The number of rotatable bonds is 11. The monoisotopic (exact) mass is 536 g/mol. The Bertz CT molecular complexity index is 1480. The summed E-state index contributed by atoms with van der Waals surface area (Å²) < 4.78 is 55.4. The Morgan fingerprint density at radius 2 is 1.76 bits per heavy atom. The lowest BCUT2D eigenvalue weighted by Gasteiger charge is -2.23. The summed E-state index contributed by atoms with van der Waals surface area (Å²) in [5, 5.41) is 11.4. The molecule has 0 fully saturated rings. The minimum absolute atomic E-state index is 0.0883. The molecule has 0 aliphatic rings. The summed E-state index contributed by atoms with van der Waals surface area (Å²) in [6.07, 6.45) is 3.81. The molecule has 2 aromatic carbocycles. The van der Waals surface area contributed by atoms with Crippen molar-refractivity contribution < 1.29 is 22.0 Å². The van der Waals surface area contributed by atoms with Gasteiger partial charge in [-0.2, -0.15) is 5.26 Å². The number of aryl methyl sites for hydroxylation is 1. The molecule has 2 rings (SSSR count). The van der Waals surface area contributed by atoms with Gasteiger partial charge >= 0.3 is 6.03 Å². The van der Waals surface area contributed by atoms with Gasteiger partial charge in [0.25, 0.3) is 10.0 Å². The van der Waals surface area contributed by atoms with Crippen LogP contribution >= 0.6 is 0 Å². The molecule has 10 heteroatoms. The van der Waals surface area contributed by atoms with Gasteiger partial charge in [-0.25, -0.2) is 26.7 Å². The molecule has 1 atom stereocenters. The second-order valence-electron chi connectivity index (χ2n) is 8.05. The van der Waals surface area contributed by atoms with Crippen LogP contribution in [0, 0.1) is 29.9 Å². The van der Waals surface area contributed by atoms with Gasteiger partial charge < -0.3 is 5.32 Å². The second kappa shape index (κ2) is 13.1. The molecule has 0 spiro atoms. The lowest BCUT2D eigenvalue weighted by molar-refractivity contribution is 0.244. The summed E-state index contributed by atoms with van der Waals surface area (Å²) in [4.78, 5) is 17.0. The van der Waals surface area contributed by atoms with Crippen molar-refractivity contribution in [1.82, 2.24) is 10.0 Å². The van der Waals surface area contributed by atoms with E-state index in [1.54, 1.807) is 19.1 Å². The number of aliphatic imine (C=N–C) groups is 1. The number of nitrogens with zero attached hydrogens (tertiary/aromatic N) is 2. The zero-order chi connectivity index (χ0) is 28.5. The molecule has 2 aromatic rings. The lowest BCUT2D eigenvalue weighted by atomic mass is 9.93. The molecule has 0 radical (unpaired) electrons. The molecule has 0 aromatic heterocycles. The van der Waals surface area contributed by atoms with E-state index in [2.05, 4.69) is 36.6 Å². The molecule has 0 unspecified atom stereocenters. The number of carbonyl (C=O) groups is 1. The van der Waals surface area contributed by atoms with Gasteiger partial charge in [0.1, 0.15) is 11.6 Å². The van der Waals surface area contributed by atoms with Crippen LogP contribution in [0.5, 0.6) is 0 Å². The Hall–Kier alpha value is -4.62. The Balaban J connectivity index is 2.45. The van der Waals surface area contributed by atoms with E-state index in [1.807, 2.05) is 10.8 Å². The Morgan fingerprint density at radius 1 is 1.13 bits per heavy atom. The fraction of sp³-hybridized carbons (Fsp3) is 0.107. The summed E-state index contributed by atoms with van der Waals surface area (Å²) in [7, 11) is -4.25. The van der Waals surface area contributed by atoms with Crippen LogP contribution in [-0.4, -0.2) is 26.2 Å². The maximum Gasteiger partial charge on any atom is 0.329 e. The quantitative estimate of drug-likeness (QED) is 0.233. The zero-order valence-corrected chi connectivity index (χ0v) is 21.5. The van der Waals surface area contributed by atoms with Crippen molar-refractivity contribution in [2.24, 2.45) is 4.99 Å².